The zero-order chi connectivity index (χ0) is 10.3. The van der Waals surface area contributed by atoms with E-state index in [9.17, 15) is 4.21 Å². The molecule has 0 saturated carbocycles. The van der Waals surface area contributed by atoms with Crippen molar-refractivity contribution in [2.45, 2.75) is 20.3 Å². The van der Waals surface area contributed by atoms with E-state index in [0.717, 1.165) is 17.6 Å². The molecular weight excluding hydrogens is 192 g/mol. The topological polar surface area (TPSA) is 17.1 Å². The Morgan fingerprint density at radius 1 is 1.57 bits per heavy atom. The van der Waals surface area contributed by atoms with E-state index in [4.69, 9.17) is 0 Å². The van der Waals surface area contributed by atoms with Crippen molar-refractivity contribution >= 4 is 10.8 Å². The van der Waals surface area contributed by atoms with Crippen molar-refractivity contribution in [3.63, 3.8) is 0 Å². The van der Waals surface area contributed by atoms with Gasteiger partial charge in [-0.3, -0.25) is 4.21 Å². The van der Waals surface area contributed by atoms with Gasteiger partial charge in [-0.1, -0.05) is 23.8 Å². The molecule has 0 aromatic heterocycles. The van der Waals surface area contributed by atoms with E-state index in [-0.39, 0.29) is 0 Å². The van der Waals surface area contributed by atoms with E-state index in [1.165, 1.54) is 11.1 Å². The van der Waals surface area contributed by atoms with Gasteiger partial charge in [-0.15, -0.1) is 0 Å². The van der Waals surface area contributed by atoms with Gasteiger partial charge in [-0.25, -0.2) is 0 Å². The van der Waals surface area contributed by atoms with E-state index in [1.54, 1.807) is 0 Å². The van der Waals surface area contributed by atoms with Gasteiger partial charge < -0.3 is 0 Å². The maximum Gasteiger partial charge on any atom is 0.0711 e. The average Bonchev–Trinajstić information content (AvgIpc) is 2.42. The van der Waals surface area contributed by atoms with Crippen LogP contribution in [0.5, 0.6) is 0 Å². The molecule has 0 N–H and O–H groups in total. The number of fused-ring (bicyclic) bond motifs is 1. The first-order chi connectivity index (χ1) is 6.58. The molecule has 1 nitrogen and oxygen atoms in total. The SMILES string of the molecule is C=C(C)C1CC(C)=CC2=CS(=O)C=C21. The maximum absolute atomic E-state index is 11.4. The van der Waals surface area contributed by atoms with Crippen molar-refractivity contribution in [2.24, 2.45) is 5.92 Å². The summed E-state index contributed by atoms with van der Waals surface area (Å²) in [6, 6.07) is 0. The third-order valence-corrected chi connectivity index (χ3v) is 3.69. The van der Waals surface area contributed by atoms with Crippen LogP contribution in [0.25, 0.3) is 0 Å². The molecular formula is C12H14OS. The van der Waals surface area contributed by atoms with Gasteiger partial charge in [0.1, 0.15) is 0 Å². The van der Waals surface area contributed by atoms with Crippen molar-refractivity contribution in [3.8, 4) is 0 Å². The highest BCUT2D eigenvalue weighted by Gasteiger charge is 2.26. The molecule has 1 aliphatic heterocycles. The molecule has 0 bridgehead atoms. The average molecular weight is 206 g/mol. The lowest BCUT2D eigenvalue weighted by molar-refractivity contribution is 0.691. The van der Waals surface area contributed by atoms with Crippen molar-refractivity contribution in [2.75, 3.05) is 0 Å². The minimum absolute atomic E-state index is 0.373. The third kappa shape index (κ3) is 1.55. The van der Waals surface area contributed by atoms with E-state index in [0.29, 0.717) is 5.92 Å². The summed E-state index contributed by atoms with van der Waals surface area (Å²) in [7, 11) is -0.905. The second-order valence-corrected chi connectivity index (χ2v) is 5.20. The van der Waals surface area contributed by atoms with Gasteiger partial charge in [0.15, 0.2) is 0 Å². The molecule has 0 spiro atoms. The highest BCUT2D eigenvalue weighted by Crippen LogP contribution is 2.39. The van der Waals surface area contributed by atoms with Gasteiger partial charge in [0, 0.05) is 16.7 Å². The zero-order valence-electron chi connectivity index (χ0n) is 8.54. The van der Waals surface area contributed by atoms with Crippen LogP contribution < -0.4 is 0 Å². The van der Waals surface area contributed by atoms with Gasteiger partial charge in [-0.2, -0.15) is 0 Å². The largest absolute Gasteiger partial charge is 0.250 e. The fourth-order valence-corrected chi connectivity index (χ4v) is 3.09. The molecule has 2 heteroatoms. The quantitative estimate of drug-likeness (QED) is 0.603. The minimum Gasteiger partial charge on any atom is -0.250 e. The Kier molecular flexibility index (Phi) is 2.31. The Hall–Kier alpha value is -0.890. The van der Waals surface area contributed by atoms with Crippen LogP contribution >= 0.6 is 0 Å². The first-order valence-corrected chi connectivity index (χ1v) is 6.01. The first kappa shape index (κ1) is 9.66. The number of hydrogen-bond acceptors (Lipinski definition) is 1. The lowest BCUT2D eigenvalue weighted by atomic mass is 9.80. The second kappa shape index (κ2) is 3.35. The Balaban J connectivity index is 2.47. The summed E-state index contributed by atoms with van der Waals surface area (Å²) in [5, 5.41) is 3.69. The first-order valence-electron chi connectivity index (χ1n) is 4.74. The summed E-state index contributed by atoms with van der Waals surface area (Å²) in [4.78, 5) is 0. The summed E-state index contributed by atoms with van der Waals surface area (Å²) in [6.07, 6.45) is 3.16. The number of rotatable bonds is 1. The molecule has 0 aromatic rings. The van der Waals surface area contributed by atoms with Crippen LogP contribution in [-0.2, 0) is 10.8 Å². The molecule has 74 valence electrons. The molecule has 2 aliphatic rings. The van der Waals surface area contributed by atoms with E-state index in [1.807, 2.05) is 17.7 Å². The lowest BCUT2D eigenvalue weighted by Crippen LogP contribution is -2.10. The van der Waals surface area contributed by atoms with E-state index >= 15 is 0 Å². The predicted octanol–water partition coefficient (Wildman–Crippen LogP) is 3.06. The minimum atomic E-state index is -0.905. The molecule has 0 fully saturated rings. The molecule has 0 aromatic carbocycles. The lowest BCUT2D eigenvalue weighted by Gasteiger charge is -2.24. The van der Waals surface area contributed by atoms with Gasteiger partial charge in [0.2, 0.25) is 0 Å². The smallest absolute Gasteiger partial charge is 0.0711 e. The number of hydrogen-bond donors (Lipinski definition) is 0. The Bertz CT molecular complexity index is 410. The van der Waals surface area contributed by atoms with Crippen LogP contribution in [0.2, 0.25) is 0 Å². The zero-order valence-corrected chi connectivity index (χ0v) is 9.36. The van der Waals surface area contributed by atoms with E-state index < -0.39 is 10.8 Å². The molecule has 0 amide bonds. The fraction of sp³-hybridized carbons (Fsp3) is 0.333. The Morgan fingerprint density at radius 3 is 2.93 bits per heavy atom. The van der Waals surface area contributed by atoms with Crippen molar-refractivity contribution in [1.82, 2.24) is 0 Å². The third-order valence-electron chi connectivity index (χ3n) is 2.72. The van der Waals surface area contributed by atoms with Crippen molar-refractivity contribution in [3.05, 3.63) is 45.8 Å². The highest BCUT2D eigenvalue weighted by molar-refractivity contribution is 7.91. The van der Waals surface area contributed by atoms with Gasteiger partial charge in [-0.05, 0) is 31.4 Å². The van der Waals surface area contributed by atoms with Crippen LogP contribution in [0.15, 0.2) is 45.8 Å². The number of allylic oxidation sites excluding steroid dienone is 5. The Morgan fingerprint density at radius 2 is 2.29 bits per heavy atom. The normalized spacial score (nSPS) is 30.3. The van der Waals surface area contributed by atoms with Gasteiger partial charge in [0.25, 0.3) is 0 Å². The monoisotopic (exact) mass is 206 g/mol. The summed E-state index contributed by atoms with van der Waals surface area (Å²) in [6.45, 7) is 8.17. The van der Waals surface area contributed by atoms with Crippen molar-refractivity contribution in [1.29, 1.82) is 0 Å². The summed E-state index contributed by atoms with van der Waals surface area (Å²) in [5.74, 6) is 0.373. The maximum atomic E-state index is 11.4. The van der Waals surface area contributed by atoms with Crippen LogP contribution in [0.1, 0.15) is 20.3 Å². The molecule has 1 aliphatic carbocycles. The molecule has 14 heavy (non-hydrogen) atoms. The predicted molar refractivity (Wildman–Crippen MR) is 61.0 cm³/mol. The Labute approximate surface area is 87.4 Å². The second-order valence-electron chi connectivity index (χ2n) is 4.07. The van der Waals surface area contributed by atoms with Crippen molar-refractivity contribution < 1.29 is 4.21 Å². The fourth-order valence-electron chi connectivity index (χ4n) is 2.02. The highest BCUT2D eigenvalue weighted by atomic mass is 32.2. The summed E-state index contributed by atoms with van der Waals surface area (Å²) in [5.41, 5.74) is 4.86. The summed E-state index contributed by atoms with van der Waals surface area (Å²) < 4.78 is 11.4. The standard InChI is InChI=1S/C12H14OS/c1-8(2)11-5-9(3)4-10-6-14(13)7-12(10)11/h4,6-7,11H,1,5H2,2-3H3. The molecule has 0 radical (unpaired) electrons. The molecule has 2 rings (SSSR count). The van der Waals surface area contributed by atoms with E-state index in [2.05, 4.69) is 19.6 Å². The molecule has 1 heterocycles. The molecule has 2 atom stereocenters. The van der Waals surface area contributed by atoms with Gasteiger partial charge in [0.05, 0.1) is 10.8 Å². The van der Waals surface area contributed by atoms with Crippen LogP contribution in [0.4, 0.5) is 0 Å². The van der Waals surface area contributed by atoms with Crippen LogP contribution in [0.3, 0.4) is 0 Å². The molecule has 0 saturated heterocycles. The van der Waals surface area contributed by atoms with Crippen LogP contribution in [-0.4, -0.2) is 4.21 Å². The van der Waals surface area contributed by atoms with Crippen LogP contribution in [0, 0.1) is 5.92 Å². The molecule has 2 unspecified atom stereocenters. The summed E-state index contributed by atoms with van der Waals surface area (Å²) >= 11 is 0. The van der Waals surface area contributed by atoms with Gasteiger partial charge >= 0.3 is 0 Å².